The molecule has 1 aliphatic rings. The fourth-order valence-electron chi connectivity index (χ4n) is 0.247. The minimum Gasteiger partial charge on any atom is -0.390 e. The molecule has 0 spiro atoms. The van der Waals surface area contributed by atoms with Crippen molar-refractivity contribution in [3.63, 3.8) is 0 Å². The maximum absolute atomic E-state index is 11.8. The predicted octanol–water partition coefficient (Wildman–Crippen LogP) is -0.0297. The molecular formula is C3H4F2O2. The Morgan fingerprint density at radius 3 is 2.29 bits per heavy atom. The lowest BCUT2D eigenvalue weighted by Crippen LogP contribution is -2.10. The van der Waals surface area contributed by atoms with E-state index in [1.165, 1.54) is 0 Å². The van der Waals surface area contributed by atoms with Gasteiger partial charge in [0.1, 0.15) is 6.61 Å². The molecule has 2 atom stereocenters. The standard InChI is InChI=1S/C3H4F2O2/c4-2-3(5,1-6)7-2/h2,6H,1H2/t2?,3-/m1/s1. The van der Waals surface area contributed by atoms with Crippen molar-refractivity contribution in [3.8, 4) is 0 Å². The molecular weight excluding hydrogens is 106 g/mol. The Bertz CT molecular complexity index is 83.0. The van der Waals surface area contributed by atoms with E-state index >= 15 is 0 Å². The lowest BCUT2D eigenvalue weighted by Gasteiger charge is -1.87. The Balaban J connectivity index is 2.36. The van der Waals surface area contributed by atoms with Gasteiger partial charge in [0.15, 0.2) is 0 Å². The summed E-state index contributed by atoms with van der Waals surface area (Å²) < 4.78 is 26.8. The van der Waals surface area contributed by atoms with Crippen molar-refractivity contribution in [1.29, 1.82) is 0 Å². The van der Waals surface area contributed by atoms with Gasteiger partial charge < -0.3 is 5.11 Å². The Hall–Kier alpha value is -0.220. The van der Waals surface area contributed by atoms with Gasteiger partial charge in [-0.05, 0) is 0 Å². The van der Waals surface area contributed by atoms with E-state index in [-0.39, 0.29) is 0 Å². The molecule has 0 aromatic rings. The first-order chi connectivity index (χ1) is 3.19. The second-order valence-electron chi connectivity index (χ2n) is 1.38. The lowest BCUT2D eigenvalue weighted by molar-refractivity contribution is 0.0648. The number of ether oxygens (including phenoxy) is 1. The number of aliphatic hydroxyl groups is 1. The largest absolute Gasteiger partial charge is 0.390 e. The quantitative estimate of drug-likeness (QED) is 0.481. The van der Waals surface area contributed by atoms with E-state index in [1.807, 2.05) is 0 Å². The molecule has 1 saturated heterocycles. The highest BCUT2D eigenvalue weighted by molar-refractivity contribution is 4.84. The highest BCUT2D eigenvalue weighted by Gasteiger charge is 2.59. The first kappa shape index (κ1) is 4.93. The number of halogens is 2. The van der Waals surface area contributed by atoms with Crippen LogP contribution in [0.25, 0.3) is 0 Å². The Kier molecular flexibility index (Phi) is 0.800. The van der Waals surface area contributed by atoms with Crippen LogP contribution in [0.5, 0.6) is 0 Å². The molecule has 1 aliphatic heterocycles. The van der Waals surface area contributed by atoms with Crippen molar-refractivity contribution in [2.45, 2.75) is 12.2 Å². The normalized spacial score (nSPS) is 49.3. The summed E-state index contributed by atoms with van der Waals surface area (Å²) >= 11 is 0. The first-order valence-electron chi connectivity index (χ1n) is 1.81. The predicted molar refractivity (Wildman–Crippen MR) is 16.9 cm³/mol. The average Bonchev–Trinajstić information content (AvgIpc) is 2.18. The third kappa shape index (κ3) is 0.595. The smallest absolute Gasteiger partial charge is 0.291 e. The topological polar surface area (TPSA) is 32.8 Å². The molecule has 0 saturated carbocycles. The van der Waals surface area contributed by atoms with E-state index in [4.69, 9.17) is 5.11 Å². The van der Waals surface area contributed by atoms with Gasteiger partial charge >= 0.3 is 0 Å². The van der Waals surface area contributed by atoms with Gasteiger partial charge in [-0.1, -0.05) is 0 Å². The van der Waals surface area contributed by atoms with Gasteiger partial charge in [-0.3, -0.25) is 4.74 Å². The van der Waals surface area contributed by atoms with Gasteiger partial charge in [0.05, 0.1) is 0 Å². The molecule has 0 aromatic carbocycles. The van der Waals surface area contributed by atoms with E-state index in [1.54, 1.807) is 0 Å². The van der Waals surface area contributed by atoms with Crippen molar-refractivity contribution >= 4 is 0 Å². The monoisotopic (exact) mass is 110 g/mol. The highest BCUT2D eigenvalue weighted by Crippen LogP contribution is 2.37. The lowest BCUT2D eigenvalue weighted by atomic mass is 10.5. The number of rotatable bonds is 1. The molecule has 1 N–H and O–H groups in total. The number of alkyl halides is 2. The number of hydrogen-bond donors (Lipinski definition) is 1. The fourth-order valence-corrected chi connectivity index (χ4v) is 0.247. The maximum Gasteiger partial charge on any atom is 0.291 e. The third-order valence-electron chi connectivity index (χ3n) is 0.797. The van der Waals surface area contributed by atoms with E-state index in [0.29, 0.717) is 0 Å². The summed E-state index contributed by atoms with van der Waals surface area (Å²) in [5, 5.41) is 7.90. The maximum atomic E-state index is 11.8. The van der Waals surface area contributed by atoms with E-state index in [0.717, 1.165) is 0 Å². The molecule has 42 valence electrons. The van der Waals surface area contributed by atoms with Gasteiger partial charge in [-0.15, -0.1) is 0 Å². The van der Waals surface area contributed by atoms with Crippen molar-refractivity contribution in [2.24, 2.45) is 0 Å². The summed E-state index contributed by atoms with van der Waals surface area (Å²) in [5.41, 5.74) is 0. The Morgan fingerprint density at radius 2 is 2.29 bits per heavy atom. The molecule has 0 aromatic heterocycles. The summed E-state index contributed by atoms with van der Waals surface area (Å²) in [6.45, 7) is -0.895. The highest BCUT2D eigenvalue weighted by atomic mass is 19.2. The fraction of sp³-hybridized carbons (Fsp3) is 1.00. The van der Waals surface area contributed by atoms with Crippen molar-refractivity contribution < 1.29 is 18.6 Å². The zero-order valence-electron chi connectivity index (χ0n) is 3.40. The van der Waals surface area contributed by atoms with Crippen molar-refractivity contribution in [2.75, 3.05) is 6.61 Å². The molecule has 7 heavy (non-hydrogen) atoms. The van der Waals surface area contributed by atoms with E-state index in [9.17, 15) is 8.78 Å². The van der Waals surface area contributed by atoms with Crippen LogP contribution in [-0.4, -0.2) is 23.9 Å². The summed E-state index contributed by atoms with van der Waals surface area (Å²) in [5.74, 6) is -2.36. The zero-order valence-corrected chi connectivity index (χ0v) is 3.40. The average molecular weight is 110 g/mol. The zero-order chi connectivity index (χ0) is 5.49. The van der Waals surface area contributed by atoms with Gasteiger partial charge in [0, 0.05) is 0 Å². The number of aliphatic hydroxyl groups excluding tert-OH is 1. The summed E-state index contributed by atoms with van der Waals surface area (Å²) in [7, 11) is 0. The molecule has 1 fully saturated rings. The van der Waals surface area contributed by atoms with Gasteiger partial charge in [-0.25, -0.2) is 8.78 Å². The van der Waals surface area contributed by atoms with Gasteiger partial charge in [0.25, 0.3) is 12.2 Å². The van der Waals surface area contributed by atoms with E-state index in [2.05, 4.69) is 4.74 Å². The van der Waals surface area contributed by atoms with Gasteiger partial charge in [-0.2, -0.15) is 0 Å². The molecule has 1 unspecified atom stereocenters. The van der Waals surface area contributed by atoms with Crippen LogP contribution < -0.4 is 0 Å². The summed E-state index contributed by atoms with van der Waals surface area (Å²) in [4.78, 5) is 0. The third-order valence-corrected chi connectivity index (χ3v) is 0.797. The molecule has 0 radical (unpaired) electrons. The van der Waals surface area contributed by atoms with Crippen molar-refractivity contribution in [3.05, 3.63) is 0 Å². The van der Waals surface area contributed by atoms with Crippen LogP contribution in [0.4, 0.5) is 8.78 Å². The Morgan fingerprint density at radius 1 is 1.86 bits per heavy atom. The molecule has 1 heterocycles. The molecule has 0 aliphatic carbocycles. The van der Waals surface area contributed by atoms with Crippen molar-refractivity contribution in [1.82, 2.24) is 0 Å². The molecule has 0 bridgehead atoms. The van der Waals surface area contributed by atoms with E-state index < -0.39 is 18.8 Å². The van der Waals surface area contributed by atoms with Crippen LogP contribution >= 0.6 is 0 Å². The first-order valence-corrected chi connectivity index (χ1v) is 1.81. The molecule has 2 nitrogen and oxygen atoms in total. The molecule has 0 amide bonds. The minimum absolute atomic E-state index is 0.895. The molecule has 4 heteroatoms. The number of hydrogen-bond acceptors (Lipinski definition) is 2. The van der Waals surface area contributed by atoms with Crippen LogP contribution in [0.3, 0.4) is 0 Å². The van der Waals surface area contributed by atoms with Crippen LogP contribution in [0.2, 0.25) is 0 Å². The second kappa shape index (κ2) is 1.14. The minimum atomic E-state index is -2.36. The van der Waals surface area contributed by atoms with Gasteiger partial charge in [0.2, 0.25) is 0 Å². The molecule has 1 rings (SSSR count). The Labute approximate surface area is 38.7 Å². The van der Waals surface area contributed by atoms with Crippen LogP contribution in [-0.2, 0) is 4.74 Å². The second-order valence-corrected chi connectivity index (χ2v) is 1.38. The summed E-state index contributed by atoms with van der Waals surface area (Å²) in [6, 6.07) is 0. The SMILES string of the molecule is OC[C@@]1(F)OC1F. The van der Waals surface area contributed by atoms with Crippen LogP contribution in [0, 0.1) is 0 Å². The number of epoxide rings is 1. The van der Waals surface area contributed by atoms with Crippen LogP contribution in [0.15, 0.2) is 0 Å². The summed E-state index contributed by atoms with van der Waals surface area (Å²) in [6.07, 6.45) is -1.91. The van der Waals surface area contributed by atoms with Crippen LogP contribution in [0.1, 0.15) is 0 Å².